The van der Waals surface area contributed by atoms with Crippen LogP contribution in [0.2, 0.25) is 0 Å². The fourth-order valence-corrected chi connectivity index (χ4v) is 7.41. The summed E-state index contributed by atoms with van der Waals surface area (Å²) in [5.74, 6) is 0. The second-order valence-corrected chi connectivity index (χ2v) is 13.2. The van der Waals surface area contributed by atoms with Gasteiger partial charge in [0.15, 0.2) is 0 Å². The van der Waals surface area contributed by atoms with Gasteiger partial charge in [-0.3, -0.25) is 4.98 Å². The van der Waals surface area contributed by atoms with Crippen molar-refractivity contribution in [2.24, 2.45) is 0 Å². The Labute approximate surface area is 301 Å². The zero-order valence-electron chi connectivity index (χ0n) is 28.3. The monoisotopic (exact) mass is 664 g/mol. The molecule has 244 valence electrons. The molecule has 0 N–H and O–H groups in total. The topological polar surface area (TPSA) is 35.6 Å². The third-order valence-corrected chi connectivity index (χ3v) is 9.99. The molecule has 0 aliphatic rings. The highest BCUT2D eigenvalue weighted by atomic mass is 15.0. The Morgan fingerprint density at radius 2 is 1.06 bits per heavy atom. The van der Waals surface area contributed by atoms with E-state index in [9.17, 15) is 0 Å². The molecule has 52 heavy (non-hydrogen) atoms. The second-order valence-electron chi connectivity index (χ2n) is 13.2. The summed E-state index contributed by atoms with van der Waals surface area (Å²) in [7, 11) is 0. The van der Waals surface area contributed by atoms with E-state index in [1.54, 1.807) is 0 Å². The lowest BCUT2D eigenvalue weighted by atomic mass is 9.94. The van der Waals surface area contributed by atoms with Crippen molar-refractivity contribution < 1.29 is 0 Å². The fourth-order valence-electron chi connectivity index (χ4n) is 7.41. The zero-order chi connectivity index (χ0) is 34.4. The van der Waals surface area contributed by atoms with Crippen molar-refractivity contribution in [1.82, 2.24) is 19.1 Å². The molecule has 0 amide bonds. The van der Waals surface area contributed by atoms with E-state index in [1.807, 2.05) is 12.3 Å². The van der Waals surface area contributed by atoms with Crippen LogP contribution in [0.3, 0.4) is 0 Å². The summed E-state index contributed by atoms with van der Waals surface area (Å²) in [5.41, 5.74) is 15.1. The summed E-state index contributed by atoms with van der Waals surface area (Å²) in [5, 5.41) is 2.39. The molecule has 4 heteroatoms. The van der Waals surface area contributed by atoms with Crippen LogP contribution in [0.15, 0.2) is 195 Å². The van der Waals surface area contributed by atoms with Crippen LogP contribution in [0.4, 0.5) is 0 Å². The van der Waals surface area contributed by atoms with Crippen LogP contribution >= 0.6 is 0 Å². The Kier molecular flexibility index (Phi) is 7.10. The number of aromatic nitrogens is 4. The number of para-hydroxylation sites is 3. The maximum atomic E-state index is 5.18. The van der Waals surface area contributed by atoms with E-state index >= 15 is 0 Å². The van der Waals surface area contributed by atoms with E-state index in [-0.39, 0.29) is 0 Å². The first-order valence-corrected chi connectivity index (χ1v) is 17.6. The van der Waals surface area contributed by atoms with Gasteiger partial charge in [-0.15, -0.1) is 0 Å². The van der Waals surface area contributed by atoms with Gasteiger partial charge < -0.3 is 9.13 Å². The van der Waals surface area contributed by atoms with Crippen molar-refractivity contribution in [3.8, 4) is 56.0 Å². The molecule has 0 saturated carbocycles. The summed E-state index contributed by atoms with van der Waals surface area (Å²) in [4.78, 5) is 10.1. The molecule has 0 unspecified atom stereocenters. The van der Waals surface area contributed by atoms with Crippen LogP contribution < -0.4 is 0 Å². The molecular weight excluding hydrogens is 633 g/mol. The molecule has 7 aromatic carbocycles. The fraction of sp³-hybridized carbons (Fsp3) is 0. The number of hydrogen-bond acceptors (Lipinski definition) is 2. The highest BCUT2D eigenvalue weighted by molar-refractivity contribution is 5.99. The minimum atomic E-state index is 0.839. The molecule has 0 aliphatic carbocycles. The van der Waals surface area contributed by atoms with Gasteiger partial charge in [-0.05, 0) is 107 Å². The zero-order valence-corrected chi connectivity index (χ0v) is 28.3. The Hall–Kier alpha value is -7.04. The summed E-state index contributed by atoms with van der Waals surface area (Å²) < 4.78 is 4.53. The molecular formula is C48H32N4. The average Bonchev–Trinajstić information content (AvgIpc) is 3.83. The van der Waals surface area contributed by atoms with Crippen LogP contribution in [-0.2, 0) is 0 Å². The van der Waals surface area contributed by atoms with E-state index in [0.717, 1.165) is 55.9 Å². The van der Waals surface area contributed by atoms with E-state index in [2.05, 4.69) is 191 Å². The third kappa shape index (κ3) is 5.26. The largest absolute Gasteiger partial charge is 0.317 e. The van der Waals surface area contributed by atoms with Crippen molar-refractivity contribution in [3.05, 3.63) is 195 Å². The Morgan fingerprint density at radius 1 is 0.404 bits per heavy atom. The number of benzene rings is 7. The van der Waals surface area contributed by atoms with Crippen molar-refractivity contribution in [1.29, 1.82) is 0 Å². The van der Waals surface area contributed by atoms with Gasteiger partial charge in [0.1, 0.15) is 0 Å². The first-order valence-electron chi connectivity index (χ1n) is 17.6. The van der Waals surface area contributed by atoms with Gasteiger partial charge in [0.25, 0.3) is 0 Å². The van der Waals surface area contributed by atoms with Gasteiger partial charge in [-0.1, -0.05) is 97.1 Å². The maximum absolute atomic E-state index is 5.18. The van der Waals surface area contributed by atoms with Gasteiger partial charge in [0.2, 0.25) is 0 Å². The summed E-state index contributed by atoms with van der Waals surface area (Å²) in [6.45, 7) is 0. The lowest BCUT2D eigenvalue weighted by Gasteiger charge is -2.12. The number of fused-ring (bicyclic) bond motifs is 3. The van der Waals surface area contributed by atoms with Crippen molar-refractivity contribution in [3.63, 3.8) is 0 Å². The predicted octanol–water partition coefficient (Wildman–Crippen LogP) is 12.2. The summed E-state index contributed by atoms with van der Waals surface area (Å²) in [6.07, 6.45) is 6.33. The number of nitrogens with zero attached hydrogens (tertiary/aromatic N) is 4. The van der Waals surface area contributed by atoms with Gasteiger partial charge >= 0.3 is 0 Å². The van der Waals surface area contributed by atoms with E-state index in [0.29, 0.717) is 0 Å². The summed E-state index contributed by atoms with van der Waals surface area (Å²) in [6, 6.07) is 62.2. The molecule has 0 radical (unpaired) electrons. The molecule has 0 spiro atoms. The lowest BCUT2D eigenvalue weighted by molar-refractivity contribution is 1.13. The quantitative estimate of drug-likeness (QED) is 0.177. The molecule has 0 atom stereocenters. The third-order valence-electron chi connectivity index (χ3n) is 9.99. The Morgan fingerprint density at radius 3 is 1.87 bits per heavy atom. The molecule has 0 saturated heterocycles. The Bertz CT molecular complexity index is 2890. The molecule has 3 heterocycles. The smallest absolute Gasteiger partial charge is 0.0894 e. The predicted molar refractivity (Wildman–Crippen MR) is 215 cm³/mol. The number of rotatable bonds is 6. The SMILES string of the molecule is c1ccc(-c2ccc3nc(-c4cc(-c5ccc6c(ccn6-c6ccccc6)c5)cc(-c5cn(-c6ccccc6)c6ccccc56)c4)cnc3c2)cc1. The molecule has 10 aromatic rings. The van der Waals surface area contributed by atoms with Crippen LogP contribution in [0.25, 0.3) is 88.9 Å². The molecule has 0 fully saturated rings. The Balaban J connectivity index is 1.14. The molecule has 0 aliphatic heterocycles. The van der Waals surface area contributed by atoms with Crippen molar-refractivity contribution >= 4 is 32.8 Å². The van der Waals surface area contributed by atoms with Gasteiger partial charge in [0.05, 0.1) is 34.0 Å². The lowest BCUT2D eigenvalue weighted by Crippen LogP contribution is -1.92. The van der Waals surface area contributed by atoms with Gasteiger partial charge in [0, 0.05) is 45.7 Å². The molecule has 4 nitrogen and oxygen atoms in total. The van der Waals surface area contributed by atoms with Crippen LogP contribution in [-0.4, -0.2) is 19.1 Å². The first kappa shape index (κ1) is 29.8. The minimum Gasteiger partial charge on any atom is -0.317 e. The average molecular weight is 665 g/mol. The standard InChI is InChI=1S/C48H32N4/c1-4-12-33(13-5-1)35-20-22-44-45(30-35)49-31-46(50-44)39-28-37(34-21-23-47-36(26-34)24-25-51(47)40-14-6-2-7-15-40)27-38(29-39)43-32-52(41-16-8-3-9-17-41)48-19-11-10-18-42(43)48/h1-32H. The van der Waals surface area contributed by atoms with Crippen molar-refractivity contribution in [2.45, 2.75) is 0 Å². The highest BCUT2D eigenvalue weighted by Gasteiger charge is 2.16. The van der Waals surface area contributed by atoms with Gasteiger partial charge in [-0.25, -0.2) is 4.98 Å². The van der Waals surface area contributed by atoms with E-state index in [1.165, 1.54) is 32.9 Å². The molecule has 0 bridgehead atoms. The van der Waals surface area contributed by atoms with E-state index in [4.69, 9.17) is 9.97 Å². The van der Waals surface area contributed by atoms with Crippen LogP contribution in [0.5, 0.6) is 0 Å². The first-order chi connectivity index (χ1) is 25.7. The number of hydrogen-bond donors (Lipinski definition) is 0. The van der Waals surface area contributed by atoms with Crippen LogP contribution in [0, 0.1) is 0 Å². The normalized spacial score (nSPS) is 11.5. The molecule has 10 rings (SSSR count). The highest BCUT2D eigenvalue weighted by Crippen LogP contribution is 2.38. The van der Waals surface area contributed by atoms with Gasteiger partial charge in [-0.2, -0.15) is 0 Å². The minimum absolute atomic E-state index is 0.839. The van der Waals surface area contributed by atoms with Crippen molar-refractivity contribution in [2.75, 3.05) is 0 Å². The van der Waals surface area contributed by atoms with Crippen LogP contribution in [0.1, 0.15) is 0 Å². The molecule has 3 aromatic heterocycles. The maximum Gasteiger partial charge on any atom is 0.0894 e. The summed E-state index contributed by atoms with van der Waals surface area (Å²) >= 11 is 0. The second kappa shape index (κ2) is 12.4. The van der Waals surface area contributed by atoms with E-state index < -0.39 is 0 Å².